The first-order valence-electron chi connectivity index (χ1n) is 3.51. The van der Waals surface area contributed by atoms with Crippen molar-refractivity contribution in [3.05, 3.63) is 0 Å². The lowest BCUT2D eigenvalue weighted by Gasteiger charge is -2.16. The van der Waals surface area contributed by atoms with Crippen molar-refractivity contribution in [2.24, 2.45) is 5.41 Å². The average Bonchev–Trinajstić information content (AvgIpc) is 1.97. The fourth-order valence-corrected chi connectivity index (χ4v) is 0.657. The molecule has 0 unspecified atom stereocenters. The van der Waals surface area contributed by atoms with Crippen LogP contribution in [0.5, 0.6) is 0 Å². The lowest BCUT2D eigenvalue weighted by atomic mass is 9.98. The van der Waals surface area contributed by atoms with Crippen LogP contribution in [0.15, 0.2) is 0 Å². The Morgan fingerprint density at radius 1 is 1.46 bits per heavy atom. The number of phosphoric acid groups is 1. The van der Waals surface area contributed by atoms with E-state index < -0.39 is 20.0 Å². The van der Waals surface area contributed by atoms with Gasteiger partial charge in [-0.1, -0.05) is 13.8 Å². The van der Waals surface area contributed by atoms with Gasteiger partial charge in [-0.2, -0.15) is 0 Å². The number of carbonyl (C=O) groups is 1. The Hall–Kier alpha value is -0.260. The first kappa shape index (κ1) is 12.7. The van der Waals surface area contributed by atoms with Crippen LogP contribution in [0.3, 0.4) is 0 Å². The predicted octanol–water partition coefficient (Wildman–Crippen LogP) is 0.295. The molecule has 0 aliphatic carbocycles. The highest BCUT2D eigenvalue weighted by Gasteiger charge is 2.18. The third kappa shape index (κ3) is 8.08. The van der Waals surface area contributed by atoms with Crippen molar-refractivity contribution in [3.63, 3.8) is 0 Å². The minimum Gasteiger partial charge on any atom is -0.354 e. The van der Waals surface area contributed by atoms with E-state index in [0.29, 0.717) is 6.29 Å². The van der Waals surface area contributed by atoms with Crippen molar-refractivity contribution in [2.45, 2.75) is 13.8 Å². The van der Waals surface area contributed by atoms with Crippen LogP contribution in [0.4, 0.5) is 0 Å². The smallest absolute Gasteiger partial charge is 0.354 e. The SMILES string of the molecule is CC(C)(C=O)COCOP(=O)(O)O. The molecule has 0 bridgehead atoms. The van der Waals surface area contributed by atoms with Gasteiger partial charge in [-0.3, -0.25) is 4.52 Å². The third-order valence-electron chi connectivity index (χ3n) is 1.10. The Kier molecular flexibility index (Phi) is 4.74. The molecule has 0 aliphatic rings. The minimum atomic E-state index is -4.47. The number of hydrogen-bond donors (Lipinski definition) is 2. The van der Waals surface area contributed by atoms with E-state index in [2.05, 4.69) is 4.52 Å². The quantitative estimate of drug-likeness (QED) is 0.284. The topological polar surface area (TPSA) is 93.1 Å². The van der Waals surface area contributed by atoms with Crippen LogP contribution in [-0.4, -0.2) is 29.5 Å². The molecular formula is C6H13O6P. The molecule has 0 fully saturated rings. The Bertz CT molecular complexity index is 207. The van der Waals surface area contributed by atoms with Gasteiger partial charge in [0.1, 0.15) is 6.29 Å². The molecule has 0 aromatic heterocycles. The fourth-order valence-electron chi connectivity index (χ4n) is 0.445. The summed E-state index contributed by atoms with van der Waals surface area (Å²) < 4.78 is 18.9. The molecule has 0 aromatic carbocycles. The molecule has 78 valence electrons. The highest BCUT2D eigenvalue weighted by molar-refractivity contribution is 7.46. The largest absolute Gasteiger partial charge is 0.471 e. The second-order valence-corrected chi connectivity index (χ2v) is 4.43. The molecule has 0 heterocycles. The summed E-state index contributed by atoms with van der Waals surface area (Å²) in [6.07, 6.45) is 0.699. The zero-order valence-corrected chi connectivity index (χ0v) is 8.36. The fraction of sp³-hybridized carbons (Fsp3) is 0.833. The van der Waals surface area contributed by atoms with E-state index in [9.17, 15) is 9.36 Å². The molecule has 0 saturated heterocycles. The van der Waals surface area contributed by atoms with Gasteiger partial charge in [-0.05, 0) is 0 Å². The maximum absolute atomic E-state index is 10.3. The third-order valence-corrected chi connectivity index (χ3v) is 1.54. The van der Waals surface area contributed by atoms with Crippen LogP contribution >= 0.6 is 7.82 Å². The second kappa shape index (κ2) is 4.83. The molecule has 0 atom stereocenters. The Morgan fingerprint density at radius 3 is 2.38 bits per heavy atom. The van der Waals surface area contributed by atoms with Crippen LogP contribution in [-0.2, 0) is 18.6 Å². The van der Waals surface area contributed by atoms with Gasteiger partial charge >= 0.3 is 7.82 Å². The van der Waals surface area contributed by atoms with Gasteiger partial charge in [0, 0.05) is 5.41 Å². The first-order chi connectivity index (χ1) is 5.77. The Labute approximate surface area is 76.1 Å². The van der Waals surface area contributed by atoms with Gasteiger partial charge in [-0.25, -0.2) is 4.57 Å². The number of phosphoric ester groups is 1. The van der Waals surface area contributed by atoms with E-state index in [-0.39, 0.29) is 6.61 Å². The molecule has 0 rings (SSSR count). The molecule has 0 aliphatic heterocycles. The molecule has 0 amide bonds. The second-order valence-electron chi connectivity index (χ2n) is 3.19. The first-order valence-corrected chi connectivity index (χ1v) is 5.04. The molecule has 0 saturated carbocycles. The summed E-state index contributed by atoms with van der Waals surface area (Å²) in [4.78, 5) is 26.8. The van der Waals surface area contributed by atoms with Crippen molar-refractivity contribution >= 4 is 14.1 Å². The summed E-state index contributed by atoms with van der Waals surface area (Å²) in [6.45, 7) is 2.80. The number of ether oxygens (including phenoxy) is 1. The number of hydrogen-bond acceptors (Lipinski definition) is 4. The number of carbonyl (C=O) groups excluding carboxylic acids is 1. The lowest BCUT2D eigenvalue weighted by Crippen LogP contribution is -2.21. The molecule has 13 heavy (non-hydrogen) atoms. The normalized spacial score (nSPS) is 12.9. The van der Waals surface area contributed by atoms with Gasteiger partial charge < -0.3 is 19.3 Å². The molecule has 7 heteroatoms. The van der Waals surface area contributed by atoms with Gasteiger partial charge in [0.05, 0.1) is 6.61 Å². The van der Waals surface area contributed by atoms with E-state index in [4.69, 9.17) is 14.5 Å². The van der Waals surface area contributed by atoms with Crippen molar-refractivity contribution in [1.82, 2.24) is 0 Å². The summed E-state index contributed by atoms with van der Waals surface area (Å²) in [5, 5.41) is 0. The van der Waals surface area contributed by atoms with Crippen LogP contribution in [0.1, 0.15) is 13.8 Å². The highest BCUT2D eigenvalue weighted by atomic mass is 31.2. The summed E-state index contributed by atoms with van der Waals surface area (Å²) >= 11 is 0. The van der Waals surface area contributed by atoms with E-state index >= 15 is 0 Å². The molecule has 0 aromatic rings. The summed E-state index contributed by atoms with van der Waals surface area (Å²) in [7, 11) is -4.47. The van der Waals surface area contributed by atoms with Crippen molar-refractivity contribution in [2.75, 3.05) is 13.4 Å². The predicted molar refractivity (Wildman–Crippen MR) is 43.8 cm³/mol. The number of rotatable bonds is 6. The van der Waals surface area contributed by atoms with E-state index in [1.54, 1.807) is 13.8 Å². The van der Waals surface area contributed by atoms with Crippen LogP contribution in [0.25, 0.3) is 0 Å². The van der Waals surface area contributed by atoms with Crippen molar-refractivity contribution in [1.29, 1.82) is 0 Å². The zero-order valence-electron chi connectivity index (χ0n) is 7.47. The lowest BCUT2D eigenvalue weighted by molar-refractivity contribution is -0.119. The minimum absolute atomic E-state index is 0.0521. The van der Waals surface area contributed by atoms with Gasteiger partial charge in [-0.15, -0.1) is 0 Å². The van der Waals surface area contributed by atoms with Gasteiger partial charge in [0.2, 0.25) is 0 Å². The number of aldehydes is 1. The molecular weight excluding hydrogens is 199 g/mol. The average molecular weight is 212 g/mol. The highest BCUT2D eigenvalue weighted by Crippen LogP contribution is 2.35. The van der Waals surface area contributed by atoms with Crippen LogP contribution in [0, 0.1) is 5.41 Å². The molecule has 0 radical (unpaired) electrons. The Morgan fingerprint density at radius 2 is 2.00 bits per heavy atom. The maximum atomic E-state index is 10.3. The standard InChI is InChI=1S/C6H13O6P/c1-6(2,3-7)4-11-5-12-13(8,9)10/h3H,4-5H2,1-2H3,(H2,8,9,10). The summed E-state index contributed by atoms with van der Waals surface area (Å²) in [5.41, 5.74) is -0.668. The molecule has 0 spiro atoms. The van der Waals surface area contributed by atoms with E-state index in [1.807, 2.05) is 0 Å². The van der Waals surface area contributed by atoms with Crippen molar-refractivity contribution in [3.8, 4) is 0 Å². The summed E-state index contributed by atoms with van der Waals surface area (Å²) in [5.74, 6) is 0. The van der Waals surface area contributed by atoms with Crippen LogP contribution < -0.4 is 0 Å². The van der Waals surface area contributed by atoms with Gasteiger partial charge in [0.25, 0.3) is 0 Å². The van der Waals surface area contributed by atoms with E-state index in [1.165, 1.54) is 0 Å². The molecule has 6 nitrogen and oxygen atoms in total. The molecule has 2 N–H and O–H groups in total. The summed E-state index contributed by atoms with van der Waals surface area (Å²) in [6, 6.07) is 0. The van der Waals surface area contributed by atoms with Crippen molar-refractivity contribution < 1.29 is 28.4 Å². The monoisotopic (exact) mass is 212 g/mol. The zero-order chi connectivity index (χ0) is 10.5. The van der Waals surface area contributed by atoms with Crippen LogP contribution in [0.2, 0.25) is 0 Å². The van der Waals surface area contributed by atoms with E-state index in [0.717, 1.165) is 0 Å². The Balaban J connectivity index is 3.58. The van der Waals surface area contributed by atoms with Gasteiger partial charge in [0.15, 0.2) is 6.79 Å². The maximum Gasteiger partial charge on any atom is 0.471 e.